The van der Waals surface area contributed by atoms with E-state index in [4.69, 9.17) is 0 Å². The average molecular weight is 398 g/mol. The molecule has 4 rings (SSSR count). The summed E-state index contributed by atoms with van der Waals surface area (Å²) in [7, 11) is 0. The lowest BCUT2D eigenvalue weighted by Crippen LogP contribution is -2.31. The van der Waals surface area contributed by atoms with Gasteiger partial charge in [-0.3, -0.25) is 9.59 Å². The molecule has 27 heavy (non-hydrogen) atoms. The zero-order valence-electron chi connectivity index (χ0n) is 15.0. The fourth-order valence-electron chi connectivity index (χ4n) is 3.37. The Balaban J connectivity index is 1.67. The zero-order chi connectivity index (χ0) is 19.0. The molecule has 3 heterocycles. The molecule has 2 atom stereocenters. The van der Waals surface area contributed by atoms with E-state index in [0.29, 0.717) is 5.13 Å². The van der Waals surface area contributed by atoms with Crippen LogP contribution in [0.5, 0.6) is 0 Å². The van der Waals surface area contributed by atoms with Gasteiger partial charge in [0.2, 0.25) is 11.8 Å². The number of amides is 2. The lowest BCUT2D eigenvalue weighted by atomic mass is 9.97. The van der Waals surface area contributed by atoms with Crippen molar-refractivity contribution in [2.45, 2.75) is 26.3 Å². The minimum absolute atomic E-state index is 0.0345. The van der Waals surface area contributed by atoms with E-state index < -0.39 is 5.92 Å². The van der Waals surface area contributed by atoms with Gasteiger partial charge in [0.05, 0.1) is 17.7 Å². The minimum atomic E-state index is -0.457. The molecule has 5 nitrogen and oxygen atoms in total. The Bertz CT molecular complexity index is 964. The van der Waals surface area contributed by atoms with Crippen molar-refractivity contribution in [1.82, 2.24) is 4.98 Å². The molecule has 3 aromatic rings. The number of thiophene rings is 1. The number of hydrogen-bond acceptors (Lipinski definition) is 5. The number of carbonyl (C=O) groups excluding carboxylic acids is 2. The zero-order valence-corrected chi connectivity index (χ0v) is 16.6. The quantitative estimate of drug-likeness (QED) is 0.702. The monoisotopic (exact) mass is 397 g/mol. The van der Waals surface area contributed by atoms with Gasteiger partial charge in [-0.05, 0) is 37.4 Å². The topological polar surface area (TPSA) is 62.3 Å². The van der Waals surface area contributed by atoms with Gasteiger partial charge < -0.3 is 10.2 Å². The lowest BCUT2D eigenvalue weighted by molar-refractivity contribution is -0.122. The van der Waals surface area contributed by atoms with Crippen LogP contribution in [0, 0.1) is 19.8 Å². The van der Waals surface area contributed by atoms with Gasteiger partial charge in [-0.25, -0.2) is 4.98 Å². The first-order valence-electron chi connectivity index (χ1n) is 8.68. The summed E-state index contributed by atoms with van der Waals surface area (Å²) < 4.78 is 0. The number of aromatic nitrogens is 1. The average Bonchev–Trinajstić information content (AvgIpc) is 3.36. The second-order valence-electron chi connectivity index (χ2n) is 6.65. The fourth-order valence-corrected chi connectivity index (χ4v) is 4.95. The van der Waals surface area contributed by atoms with Gasteiger partial charge in [0.15, 0.2) is 5.13 Å². The standard InChI is InChI=1S/C20H19N3O2S2/c1-12-5-7-14(8-6-12)23-17(24)10-15(18(23)16-4-3-9-26-16)19(25)22-20-21-13(2)11-27-20/h3-9,11,15,18H,10H2,1-2H3,(H,21,22,25). The predicted octanol–water partition coefficient (Wildman–Crippen LogP) is 4.55. The van der Waals surface area contributed by atoms with Gasteiger partial charge in [-0.1, -0.05) is 23.8 Å². The van der Waals surface area contributed by atoms with Crippen LogP contribution in [0.25, 0.3) is 0 Å². The highest BCUT2D eigenvalue weighted by Gasteiger charge is 2.45. The molecule has 1 fully saturated rings. The van der Waals surface area contributed by atoms with Crippen LogP contribution >= 0.6 is 22.7 Å². The molecule has 138 valence electrons. The van der Waals surface area contributed by atoms with Crippen molar-refractivity contribution >= 4 is 45.3 Å². The molecule has 0 spiro atoms. The van der Waals surface area contributed by atoms with Crippen molar-refractivity contribution in [2.75, 3.05) is 10.2 Å². The van der Waals surface area contributed by atoms with Gasteiger partial charge in [-0.2, -0.15) is 0 Å². The van der Waals surface area contributed by atoms with E-state index in [1.807, 2.05) is 61.0 Å². The second kappa shape index (κ2) is 7.25. The fraction of sp³-hybridized carbons (Fsp3) is 0.250. The lowest BCUT2D eigenvalue weighted by Gasteiger charge is -2.27. The molecular weight excluding hydrogens is 378 g/mol. The van der Waals surface area contributed by atoms with E-state index in [2.05, 4.69) is 10.3 Å². The van der Waals surface area contributed by atoms with Crippen LogP contribution in [0.4, 0.5) is 10.8 Å². The molecule has 1 saturated heterocycles. The summed E-state index contributed by atoms with van der Waals surface area (Å²) in [5.74, 6) is -0.653. The number of benzene rings is 1. The van der Waals surface area contributed by atoms with Crippen molar-refractivity contribution in [1.29, 1.82) is 0 Å². The maximum absolute atomic E-state index is 13.0. The first-order valence-corrected chi connectivity index (χ1v) is 10.4. The van der Waals surface area contributed by atoms with Crippen LogP contribution < -0.4 is 10.2 Å². The number of hydrogen-bond donors (Lipinski definition) is 1. The van der Waals surface area contributed by atoms with Crippen molar-refractivity contribution in [3.8, 4) is 0 Å². The molecule has 1 N–H and O–H groups in total. The molecule has 7 heteroatoms. The molecule has 0 radical (unpaired) electrons. The minimum Gasteiger partial charge on any atom is -0.303 e. The smallest absolute Gasteiger partial charge is 0.232 e. The third-order valence-corrected chi connectivity index (χ3v) is 6.47. The number of anilines is 2. The first-order chi connectivity index (χ1) is 13.0. The van der Waals surface area contributed by atoms with E-state index in [0.717, 1.165) is 21.8 Å². The molecular formula is C20H19N3O2S2. The maximum atomic E-state index is 13.0. The van der Waals surface area contributed by atoms with E-state index in [1.165, 1.54) is 11.3 Å². The number of nitrogens with one attached hydrogen (secondary N) is 1. The van der Waals surface area contributed by atoms with Crippen molar-refractivity contribution in [3.05, 3.63) is 63.3 Å². The Hall–Kier alpha value is -2.51. The van der Waals surface area contributed by atoms with E-state index in [-0.39, 0.29) is 24.3 Å². The highest BCUT2D eigenvalue weighted by molar-refractivity contribution is 7.14. The van der Waals surface area contributed by atoms with Gasteiger partial charge >= 0.3 is 0 Å². The summed E-state index contributed by atoms with van der Waals surface area (Å²) in [4.78, 5) is 32.9. The molecule has 2 aromatic heterocycles. The van der Waals surface area contributed by atoms with E-state index >= 15 is 0 Å². The van der Waals surface area contributed by atoms with E-state index in [9.17, 15) is 9.59 Å². The first kappa shape index (κ1) is 17.9. The molecule has 0 saturated carbocycles. The van der Waals surface area contributed by atoms with Crippen LogP contribution in [0.1, 0.15) is 28.6 Å². The summed E-state index contributed by atoms with van der Waals surface area (Å²) in [6.45, 7) is 3.90. The highest BCUT2D eigenvalue weighted by atomic mass is 32.1. The molecule has 0 bridgehead atoms. The molecule has 2 amide bonds. The Morgan fingerprint density at radius 2 is 1.96 bits per heavy atom. The Morgan fingerprint density at radius 1 is 1.19 bits per heavy atom. The SMILES string of the molecule is Cc1ccc(N2C(=O)CC(C(=O)Nc3nc(C)cs3)C2c2cccs2)cc1. The summed E-state index contributed by atoms with van der Waals surface area (Å²) in [5.41, 5.74) is 2.82. The molecule has 2 unspecified atom stereocenters. The second-order valence-corrected chi connectivity index (χ2v) is 8.49. The molecule has 1 aliphatic heterocycles. The normalized spacial score (nSPS) is 19.5. The van der Waals surface area contributed by atoms with Gasteiger partial charge in [0, 0.05) is 22.4 Å². The summed E-state index contributed by atoms with van der Waals surface area (Å²) in [6, 6.07) is 11.5. The predicted molar refractivity (Wildman–Crippen MR) is 109 cm³/mol. The molecule has 1 aliphatic rings. The highest BCUT2D eigenvalue weighted by Crippen LogP contribution is 2.43. The van der Waals surface area contributed by atoms with Crippen molar-refractivity contribution in [3.63, 3.8) is 0 Å². The van der Waals surface area contributed by atoms with Gasteiger partial charge in [0.25, 0.3) is 0 Å². The van der Waals surface area contributed by atoms with Crippen LogP contribution in [0.2, 0.25) is 0 Å². The van der Waals surface area contributed by atoms with Crippen LogP contribution in [0.15, 0.2) is 47.2 Å². The summed E-state index contributed by atoms with van der Waals surface area (Å²) >= 11 is 2.96. The number of rotatable bonds is 4. The molecule has 1 aromatic carbocycles. The van der Waals surface area contributed by atoms with Crippen molar-refractivity contribution in [2.24, 2.45) is 5.92 Å². The molecule has 0 aliphatic carbocycles. The Kier molecular flexibility index (Phi) is 4.80. The van der Waals surface area contributed by atoms with Crippen LogP contribution in [0.3, 0.4) is 0 Å². The van der Waals surface area contributed by atoms with Crippen LogP contribution in [-0.4, -0.2) is 16.8 Å². The number of thiazole rings is 1. The van der Waals surface area contributed by atoms with Crippen LogP contribution in [-0.2, 0) is 9.59 Å². The number of nitrogens with zero attached hydrogens (tertiary/aromatic N) is 2. The van der Waals surface area contributed by atoms with Gasteiger partial charge in [0.1, 0.15) is 0 Å². The summed E-state index contributed by atoms with van der Waals surface area (Å²) in [5, 5.41) is 7.34. The Morgan fingerprint density at radius 3 is 2.59 bits per heavy atom. The third kappa shape index (κ3) is 3.52. The van der Waals surface area contributed by atoms with E-state index in [1.54, 1.807) is 16.2 Å². The van der Waals surface area contributed by atoms with Gasteiger partial charge in [-0.15, -0.1) is 22.7 Å². The summed E-state index contributed by atoms with van der Waals surface area (Å²) in [6.07, 6.45) is 0.187. The Labute approximate surface area is 165 Å². The number of carbonyl (C=O) groups is 2. The number of aryl methyl sites for hydroxylation is 2. The van der Waals surface area contributed by atoms with Crippen molar-refractivity contribution < 1.29 is 9.59 Å². The maximum Gasteiger partial charge on any atom is 0.232 e. The largest absolute Gasteiger partial charge is 0.303 e. The third-order valence-electron chi connectivity index (χ3n) is 4.66.